The molecular formula is C20H20ClN3O2S. The van der Waals surface area contributed by atoms with Crippen LogP contribution in [0.4, 0.5) is 0 Å². The van der Waals surface area contributed by atoms with Gasteiger partial charge in [0.2, 0.25) is 0 Å². The predicted octanol–water partition coefficient (Wildman–Crippen LogP) is 4.33. The summed E-state index contributed by atoms with van der Waals surface area (Å²) in [6, 6.07) is 8.92. The minimum Gasteiger partial charge on any atom is -0.389 e. The predicted molar refractivity (Wildman–Crippen MR) is 109 cm³/mol. The van der Waals surface area contributed by atoms with Crippen LogP contribution < -0.4 is 5.32 Å². The third-order valence-corrected chi connectivity index (χ3v) is 4.99. The maximum absolute atomic E-state index is 12.6. The number of nitrogens with zero attached hydrogens (tertiary/aromatic N) is 2. The summed E-state index contributed by atoms with van der Waals surface area (Å²) in [5, 5.41) is 17.2. The molecule has 0 spiro atoms. The van der Waals surface area contributed by atoms with Crippen LogP contribution in [0.1, 0.15) is 29.9 Å². The van der Waals surface area contributed by atoms with E-state index in [1.54, 1.807) is 43.4 Å². The standard InChI is InChI=1S/C20H20ClN3O2S/c1-12-9-27-10-15(12)18-23-16(13-4-6-14(21)7-5-13)8-17(24-18)19(25)22-11-20(2,3)26/h4-10,26H,11H2,1-3H3,(H,22,25). The Bertz CT molecular complexity index is 962. The van der Waals surface area contributed by atoms with Gasteiger partial charge in [-0.25, -0.2) is 9.97 Å². The quantitative estimate of drug-likeness (QED) is 0.667. The summed E-state index contributed by atoms with van der Waals surface area (Å²) in [5.41, 5.74) is 2.67. The second kappa shape index (κ2) is 7.76. The van der Waals surface area contributed by atoms with Gasteiger partial charge in [0.25, 0.3) is 5.91 Å². The summed E-state index contributed by atoms with van der Waals surface area (Å²) in [4.78, 5) is 21.7. The molecule has 0 fully saturated rings. The average molecular weight is 402 g/mol. The Morgan fingerprint density at radius 3 is 2.52 bits per heavy atom. The van der Waals surface area contributed by atoms with E-state index >= 15 is 0 Å². The number of halogens is 1. The van der Waals surface area contributed by atoms with E-state index in [4.69, 9.17) is 11.6 Å². The van der Waals surface area contributed by atoms with Gasteiger partial charge in [-0.3, -0.25) is 4.79 Å². The first kappa shape index (κ1) is 19.5. The molecule has 3 rings (SSSR count). The van der Waals surface area contributed by atoms with Crippen LogP contribution in [0.25, 0.3) is 22.6 Å². The van der Waals surface area contributed by atoms with Crippen molar-refractivity contribution in [1.29, 1.82) is 0 Å². The van der Waals surface area contributed by atoms with Crippen LogP contribution >= 0.6 is 22.9 Å². The average Bonchev–Trinajstić information content (AvgIpc) is 3.05. The second-order valence-corrected chi connectivity index (χ2v) is 8.11. The lowest BCUT2D eigenvalue weighted by atomic mass is 10.1. The molecule has 0 aliphatic carbocycles. The maximum atomic E-state index is 12.6. The number of aromatic nitrogens is 2. The van der Waals surface area contributed by atoms with Crippen LogP contribution in [0.3, 0.4) is 0 Å². The fourth-order valence-corrected chi connectivity index (χ4v) is 3.38. The van der Waals surface area contributed by atoms with E-state index in [2.05, 4.69) is 15.3 Å². The maximum Gasteiger partial charge on any atom is 0.270 e. The third-order valence-electron chi connectivity index (χ3n) is 3.88. The van der Waals surface area contributed by atoms with E-state index in [1.165, 1.54) is 0 Å². The highest BCUT2D eigenvalue weighted by Gasteiger charge is 2.18. The molecule has 2 aromatic heterocycles. The van der Waals surface area contributed by atoms with Crippen molar-refractivity contribution in [2.45, 2.75) is 26.4 Å². The summed E-state index contributed by atoms with van der Waals surface area (Å²) < 4.78 is 0. The first-order valence-corrected chi connectivity index (χ1v) is 9.74. The summed E-state index contributed by atoms with van der Waals surface area (Å²) in [6.07, 6.45) is 0. The van der Waals surface area contributed by atoms with Crippen molar-refractivity contribution in [2.24, 2.45) is 0 Å². The Labute approximate surface area is 167 Å². The number of rotatable bonds is 5. The number of aliphatic hydroxyl groups is 1. The Kier molecular flexibility index (Phi) is 5.60. The molecule has 0 radical (unpaired) electrons. The number of hydrogen-bond donors (Lipinski definition) is 2. The van der Waals surface area contributed by atoms with E-state index in [1.807, 2.05) is 29.8 Å². The topological polar surface area (TPSA) is 75.1 Å². The van der Waals surface area contributed by atoms with Crippen LogP contribution in [-0.2, 0) is 0 Å². The number of nitrogens with one attached hydrogen (secondary N) is 1. The Morgan fingerprint density at radius 2 is 1.93 bits per heavy atom. The van der Waals surface area contributed by atoms with E-state index in [-0.39, 0.29) is 18.1 Å². The molecule has 2 heterocycles. The molecule has 0 unspecified atom stereocenters. The molecule has 3 aromatic rings. The van der Waals surface area contributed by atoms with Gasteiger partial charge in [-0.05, 0) is 49.9 Å². The molecule has 27 heavy (non-hydrogen) atoms. The Balaban J connectivity index is 2.04. The highest BCUT2D eigenvalue weighted by atomic mass is 35.5. The molecule has 0 bridgehead atoms. The molecule has 0 aliphatic heterocycles. The second-order valence-electron chi connectivity index (χ2n) is 6.93. The fraction of sp³-hybridized carbons (Fsp3) is 0.250. The van der Waals surface area contributed by atoms with Gasteiger partial charge in [0.1, 0.15) is 5.69 Å². The van der Waals surface area contributed by atoms with Gasteiger partial charge in [0.05, 0.1) is 11.3 Å². The molecule has 1 amide bonds. The van der Waals surface area contributed by atoms with Crippen LogP contribution in [0.2, 0.25) is 5.02 Å². The van der Waals surface area contributed by atoms with Crippen LogP contribution in [0.15, 0.2) is 41.1 Å². The first-order valence-electron chi connectivity index (χ1n) is 8.42. The molecule has 5 nitrogen and oxygen atoms in total. The monoisotopic (exact) mass is 401 g/mol. The lowest BCUT2D eigenvalue weighted by Crippen LogP contribution is -2.38. The SMILES string of the molecule is Cc1cscc1-c1nc(C(=O)NCC(C)(C)O)cc(-c2ccc(Cl)cc2)n1. The summed E-state index contributed by atoms with van der Waals surface area (Å²) >= 11 is 7.54. The van der Waals surface area contributed by atoms with Crippen molar-refractivity contribution in [1.82, 2.24) is 15.3 Å². The van der Waals surface area contributed by atoms with Crippen LogP contribution in [0.5, 0.6) is 0 Å². The normalized spacial score (nSPS) is 11.4. The van der Waals surface area contributed by atoms with Crippen molar-refractivity contribution in [3.05, 3.63) is 57.4 Å². The minimum absolute atomic E-state index is 0.124. The van der Waals surface area contributed by atoms with Gasteiger partial charge in [0, 0.05) is 28.1 Å². The smallest absolute Gasteiger partial charge is 0.270 e. The number of benzene rings is 1. The molecule has 0 saturated heterocycles. The largest absolute Gasteiger partial charge is 0.389 e. The molecule has 7 heteroatoms. The number of thiophene rings is 1. The summed E-state index contributed by atoms with van der Waals surface area (Å²) in [7, 11) is 0. The van der Waals surface area contributed by atoms with Gasteiger partial charge in [-0.1, -0.05) is 23.7 Å². The fourth-order valence-electron chi connectivity index (χ4n) is 2.43. The number of carbonyl (C=O) groups excluding carboxylic acids is 1. The van der Waals surface area contributed by atoms with Crippen molar-refractivity contribution in [2.75, 3.05) is 6.54 Å². The lowest BCUT2D eigenvalue weighted by Gasteiger charge is -2.17. The van der Waals surface area contributed by atoms with Gasteiger partial charge in [-0.2, -0.15) is 11.3 Å². The number of amides is 1. The molecule has 0 atom stereocenters. The number of aryl methyl sites for hydroxylation is 1. The zero-order valence-electron chi connectivity index (χ0n) is 15.3. The van der Waals surface area contributed by atoms with E-state index < -0.39 is 5.60 Å². The number of hydrogen-bond acceptors (Lipinski definition) is 5. The van der Waals surface area contributed by atoms with Crippen molar-refractivity contribution in [3.63, 3.8) is 0 Å². The van der Waals surface area contributed by atoms with E-state index in [9.17, 15) is 9.90 Å². The van der Waals surface area contributed by atoms with E-state index in [0.29, 0.717) is 16.5 Å². The molecule has 1 aromatic carbocycles. The molecule has 2 N–H and O–H groups in total. The molecule has 0 aliphatic rings. The Hall–Kier alpha value is -2.28. The Morgan fingerprint density at radius 1 is 1.22 bits per heavy atom. The summed E-state index contributed by atoms with van der Waals surface area (Å²) in [6.45, 7) is 5.37. The number of carbonyl (C=O) groups is 1. The first-order chi connectivity index (χ1) is 12.7. The van der Waals surface area contributed by atoms with Gasteiger partial charge < -0.3 is 10.4 Å². The molecular weight excluding hydrogens is 382 g/mol. The molecule has 140 valence electrons. The van der Waals surface area contributed by atoms with Crippen molar-refractivity contribution >= 4 is 28.8 Å². The highest BCUT2D eigenvalue weighted by Crippen LogP contribution is 2.27. The van der Waals surface area contributed by atoms with Crippen molar-refractivity contribution < 1.29 is 9.90 Å². The molecule has 0 saturated carbocycles. The third kappa shape index (κ3) is 4.91. The minimum atomic E-state index is -1.01. The van der Waals surface area contributed by atoms with Crippen LogP contribution in [-0.4, -0.2) is 33.1 Å². The van der Waals surface area contributed by atoms with Crippen molar-refractivity contribution in [3.8, 4) is 22.6 Å². The van der Waals surface area contributed by atoms with Gasteiger partial charge in [0.15, 0.2) is 5.82 Å². The lowest BCUT2D eigenvalue weighted by molar-refractivity contribution is 0.0692. The van der Waals surface area contributed by atoms with E-state index in [0.717, 1.165) is 16.7 Å². The zero-order valence-corrected chi connectivity index (χ0v) is 16.9. The summed E-state index contributed by atoms with van der Waals surface area (Å²) in [5.74, 6) is 0.137. The zero-order chi connectivity index (χ0) is 19.6. The highest BCUT2D eigenvalue weighted by molar-refractivity contribution is 7.08. The van der Waals surface area contributed by atoms with Gasteiger partial charge >= 0.3 is 0 Å². The van der Waals surface area contributed by atoms with Crippen LogP contribution in [0, 0.1) is 6.92 Å². The van der Waals surface area contributed by atoms with Gasteiger partial charge in [-0.15, -0.1) is 0 Å².